The number of carbonyl (C=O) groups is 1. The third kappa shape index (κ3) is 6.66. The molecule has 0 aromatic rings. The van der Waals surface area contributed by atoms with Crippen molar-refractivity contribution in [2.75, 3.05) is 13.2 Å². The molecule has 0 saturated carbocycles. The van der Waals surface area contributed by atoms with Crippen molar-refractivity contribution in [3.8, 4) is 0 Å². The number of hydrogen-bond donors (Lipinski definition) is 2. The van der Waals surface area contributed by atoms with Gasteiger partial charge in [-0.05, 0) is 26.2 Å². The fourth-order valence-corrected chi connectivity index (χ4v) is 1.19. The molecule has 0 spiro atoms. The molecule has 14 heavy (non-hydrogen) atoms. The standard InChI is InChI=1S/C11H21NO2/c1-4-10(5-6-13)8-12-11(14)7-9(2)3/h7,10,13H,4-6,8H2,1-3H3,(H,12,14). The molecule has 1 amide bonds. The summed E-state index contributed by atoms with van der Waals surface area (Å²) in [4.78, 5) is 11.2. The summed E-state index contributed by atoms with van der Waals surface area (Å²) in [7, 11) is 0. The summed E-state index contributed by atoms with van der Waals surface area (Å²) in [5.74, 6) is 0.343. The summed E-state index contributed by atoms with van der Waals surface area (Å²) in [6, 6.07) is 0. The van der Waals surface area contributed by atoms with Gasteiger partial charge in [0.25, 0.3) is 0 Å². The molecular weight excluding hydrogens is 178 g/mol. The Balaban J connectivity index is 3.79. The summed E-state index contributed by atoms with van der Waals surface area (Å²) in [5.41, 5.74) is 0.998. The van der Waals surface area contributed by atoms with Crippen molar-refractivity contribution >= 4 is 5.91 Å². The highest BCUT2D eigenvalue weighted by molar-refractivity contribution is 5.87. The Morgan fingerprint density at radius 2 is 2.14 bits per heavy atom. The van der Waals surface area contributed by atoms with Crippen molar-refractivity contribution in [1.29, 1.82) is 0 Å². The van der Waals surface area contributed by atoms with Crippen LogP contribution in [0.15, 0.2) is 11.6 Å². The number of rotatable bonds is 6. The second kappa shape index (κ2) is 7.56. The molecule has 0 aliphatic heterocycles. The van der Waals surface area contributed by atoms with E-state index in [1.54, 1.807) is 6.08 Å². The molecule has 82 valence electrons. The van der Waals surface area contributed by atoms with Crippen molar-refractivity contribution in [1.82, 2.24) is 5.32 Å². The van der Waals surface area contributed by atoms with E-state index >= 15 is 0 Å². The zero-order valence-electron chi connectivity index (χ0n) is 9.34. The molecule has 3 nitrogen and oxygen atoms in total. The molecule has 0 heterocycles. The first-order chi connectivity index (χ1) is 6.60. The third-order valence-electron chi connectivity index (χ3n) is 2.10. The molecule has 0 rings (SSSR count). The lowest BCUT2D eigenvalue weighted by atomic mass is 10.0. The summed E-state index contributed by atoms with van der Waals surface area (Å²) >= 11 is 0. The van der Waals surface area contributed by atoms with Crippen molar-refractivity contribution < 1.29 is 9.90 Å². The second-order valence-electron chi connectivity index (χ2n) is 3.75. The highest BCUT2D eigenvalue weighted by Crippen LogP contribution is 2.05. The number of carbonyl (C=O) groups excluding carboxylic acids is 1. The minimum Gasteiger partial charge on any atom is -0.396 e. The summed E-state index contributed by atoms with van der Waals surface area (Å²) in [6.07, 6.45) is 3.33. The molecule has 0 bridgehead atoms. The van der Waals surface area contributed by atoms with Gasteiger partial charge >= 0.3 is 0 Å². The number of nitrogens with one attached hydrogen (secondary N) is 1. The topological polar surface area (TPSA) is 49.3 Å². The van der Waals surface area contributed by atoms with Gasteiger partial charge in [0.05, 0.1) is 0 Å². The number of allylic oxidation sites excluding steroid dienone is 1. The van der Waals surface area contributed by atoms with Crippen LogP contribution in [0.3, 0.4) is 0 Å². The Morgan fingerprint density at radius 1 is 1.50 bits per heavy atom. The SMILES string of the molecule is CCC(CCO)CNC(=O)C=C(C)C. The van der Waals surface area contributed by atoms with E-state index in [2.05, 4.69) is 12.2 Å². The van der Waals surface area contributed by atoms with E-state index in [1.165, 1.54) is 0 Å². The maximum Gasteiger partial charge on any atom is 0.243 e. The largest absolute Gasteiger partial charge is 0.396 e. The Labute approximate surface area is 86.2 Å². The minimum absolute atomic E-state index is 0.0404. The average molecular weight is 199 g/mol. The first-order valence-electron chi connectivity index (χ1n) is 5.13. The zero-order chi connectivity index (χ0) is 11.0. The Bertz CT molecular complexity index is 195. The first-order valence-corrected chi connectivity index (χ1v) is 5.13. The molecule has 0 aromatic heterocycles. The Kier molecular flexibility index (Phi) is 7.11. The molecule has 0 radical (unpaired) electrons. The van der Waals surface area contributed by atoms with Crippen LogP contribution in [0.1, 0.15) is 33.6 Å². The van der Waals surface area contributed by atoms with E-state index in [4.69, 9.17) is 5.11 Å². The predicted molar refractivity (Wildman–Crippen MR) is 57.9 cm³/mol. The number of hydrogen-bond acceptors (Lipinski definition) is 2. The van der Waals surface area contributed by atoms with Crippen LogP contribution in [0, 0.1) is 5.92 Å². The van der Waals surface area contributed by atoms with Crippen molar-refractivity contribution in [3.05, 3.63) is 11.6 Å². The van der Waals surface area contributed by atoms with E-state index in [9.17, 15) is 4.79 Å². The predicted octanol–water partition coefficient (Wildman–Crippen LogP) is 1.48. The lowest BCUT2D eigenvalue weighted by Crippen LogP contribution is -2.28. The van der Waals surface area contributed by atoms with E-state index in [0.29, 0.717) is 12.5 Å². The molecule has 0 aliphatic rings. The molecule has 1 unspecified atom stereocenters. The fraction of sp³-hybridized carbons (Fsp3) is 0.727. The quantitative estimate of drug-likeness (QED) is 0.636. The highest BCUT2D eigenvalue weighted by Gasteiger charge is 2.06. The van der Waals surface area contributed by atoms with E-state index in [1.807, 2.05) is 13.8 Å². The van der Waals surface area contributed by atoms with Crippen LogP contribution in [-0.2, 0) is 4.79 Å². The molecule has 0 aliphatic carbocycles. The van der Waals surface area contributed by atoms with Crippen LogP contribution in [0.2, 0.25) is 0 Å². The van der Waals surface area contributed by atoms with Crippen molar-refractivity contribution in [3.63, 3.8) is 0 Å². The van der Waals surface area contributed by atoms with Crippen LogP contribution in [0.25, 0.3) is 0 Å². The fourth-order valence-electron chi connectivity index (χ4n) is 1.19. The Hall–Kier alpha value is -0.830. The van der Waals surface area contributed by atoms with E-state index in [0.717, 1.165) is 18.4 Å². The minimum atomic E-state index is -0.0404. The lowest BCUT2D eigenvalue weighted by Gasteiger charge is -2.13. The van der Waals surface area contributed by atoms with E-state index in [-0.39, 0.29) is 12.5 Å². The highest BCUT2D eigenvalue weighted by atomic mass is 16.3. The molecule has 0 saturated heterocycles. The van der Waals surface area contributed by atoms with Gasteiger partial charge < -0.3 is 10.4 Å². The van der Waals surface area contributed by atoms with Crippen molar-refractivity contribution in [2.45, 2.75) is 33.6 Å². The molecule has 1 atom stereocenters. The van der Waals surface area contributed by atoms with Gasteiger partial charge in [-0.25, -0.2) is 0 Å². The normalized spacial score (nSPS) is 12.0. The van der Waals surface area contributed by atoms with Gasteiger partial charge in [-0.1, -0.05) is 18.9 Å². The summed E-state index contributed by atoms with van der Waals surface area (Å²) < 4.78 is 0. The number of aliphatic hydroxyl groups excluding tert-OH is 1. The van der Waals surface area contributed by atoms with Crippen LogP contribution in [0.4, 0.5) is 0 Å². The maximum absolute atomic E-state index is 11.2. The molecule has 0 aromatic carbocycles. The smallest absolute Gasteiger partial charge is 0.243 e. The first kappa shape index (κ1) is 13.2. The van der Waals surface area contributed by atoms with Gasteiger partial charge in [-0.3, -0.25) is 4.79 Å². The van der Waals surface area contributed by atoms with Crippen LogP contribution < -0.4 is 5.32 Å². The van der Waals surface area contributed by atoms with Gasteiger partial charge in [-0.15, -0.1) is 0 Å². The zero-order valence-corrected chi connectivity index (χ0v) is 9.34. The molecule has 2 N–H and O–H groups in total. The molecule has 3 heteroatoms. The third-order valence-corrected chi connectivity index (χ3v) is 2.10. The average Bonchev–Trinajstić information content (AvgIpc) is 2.11. The van der Waals surface area contributed by atoms with Gasteiger partial charge in [0, 0.05) is 19.2 Å². The van der Waals surface area contributed by atoms with Crippen LogP contribution >= 0.6 is 0 Å². The monoisotopic (exact) mass is 199 g/mol. The number of amides is 1. The lowest BCUT2D eigenvalue weighted by molar-refractivity contribution is -0.116. The summed E-state index contributed by atoms with van der Waals surface area (Å²) in [6.45, 7) is 6.69. The molecule has 0 fully saturated rings. The number of aliphatic hydroxyl groups is 1. The maximum atomic E-state index is 11.2. The van der Waals surface area contributed by atoms with Crippen LogP contribution in [0.5, 0.6) is 0 Å². The van der Waals surface area contributed by atoms with Crippen LogP contribution in [-0.4, -0.2) is 24.2 Å². The van der Waals surface area contributed by atoms with Crippen molar-refractivity contribution in [2.24, 2.45) is 5.92 Å². The Morgan fingerprint density at radius 3 is 2.57 bits per heavy atom. The van der Waals surface area contributed by atoms with E-state index < -0.39 is 0 Å². The van der Waals surface area contributed by atoms with Gasteiger partial charge in [-0.2, -0.15) is 0 Å². The second-order valence-corrected chi connectivity index (χ2v) is 3.75. The van der Waals surface area contributed by atoms with Gasteiger partial charge in [0.2, 0.25) is 5.91 Å². The molecular formula is C11H21NO2. The van der Waals surface area contributed by atoms with Gasteiger partial charge in [0.15, 0.2) is 0 Å². The van der Waals surface area contributed by atoms with Gasteiger partial charge in [0.1, 0.15) is 0 Å². The summed E-state index contributed by atoms with van der Waals surface area (Å²) in [5, 5.41) is 11.6.